The van der Waals surface area contributed by atoms with E-state index in [1.807, 2.05) is 0 Å². The van der Waals surface area contributed by atoms with E-state index in [0.29, 0.717) is 6.07 Å². The summed E-state index contributed by atoms with van der Waals surface area (Å²) in [5, 5.41) is 0. The van der Waals surface area contributed by atoms with Gasteiger partial charge in [-0.25, -0.2) is 4.39 Å². The summed E-state index contributed by atoms with van der Waals surface area (Å²) >= 11 is 0. The molecule has 1 aromatic carbocycles. The summed E-state index contributed by atoms with van der Waals surface area (Å²) in [6.45, 7) is 1.03. The summed E-state index contributed by atoms with van der Waals surface area (Å²) in [5.74, 6) is -8.22. The largest absolute Gasteiger partial charge is 0.364 e. The first-order valence-electron chi connectivity index (χ1n) is 4.26. The Morgan fingerprint density at radius 1 is 1.31 bits per heavy atom. The molecule has 86 valence electrons. The molecule has 6 heteroatoms. The highest BCUT2D eigenvalue weighted by Crippen LogP contribution is 2.30. The maximum atomic E-state index is 13.5. The Labute approximate surface area is 89.1 Å². The zero-order valence-electron chi connectivity index (χ0n) is 8.26. The number of halogens is 3. The third kappa shape index (κ3) is 1.91. The van der Waals surface area contributed by atoms with Gasteiger partial charge < -0.3 is 5.73 Å². The normalized spacial score (nSPS) is 11.2. The van der Waals surface area contributed by atoms with Gasteiger partial charge in [0, 0.05) is 0 Å². The lowest BCUT2D eigenvalue weighted by Gasteiger charge is -2.14. The van der Waals surface area contributed by atoms with Gasteiger partial charge in [0.15, 0.2) is 5.78 Å². The molecule has 0 aliphatic rings. The van der Waals surface area contributed by atoms with Crippen molar-refractivity contribution in [3.05, 3.63) is 35.1 Å². The maximum Gasteiger partial charge on any atom is 0.352 e. The number of nitrogens with two attached hydrogens (primary N) is 1. The number of hydrogen-bond acceptors (Lipinski definition) is 2. The second-order valence-electron chi connectivity index (χ2n) is 3.16. The molecule has 0 unspecified atom stereocenters. The lowest BCUT2D eigenvalue weighted by atomic mass is 10.0. The third-order valence-corrected chi connectivity index (χ3v) is 2.03. The molecule has 1 aromatic rings. The highest BCUT2D eigenvalue weighted by Gasteiger charge is 2.42. The molecular formula is C10H8F3NO2. The van der Waals surface area contributed by atoms with Crippen molar-refractivity contribution in [1.29, 1.82) is 0 Å². The van der Waals surface area contributed by atoms with Gasteiger partial charge in [0.1, 0.15) is 5.82 Å². The Morgan fingerprint density at radius 3 is 2.31 bits per heavy atom. The second kappa shape index (κ2) is 3.96. The molecule has 0 saturated heterocycles. The Hall–Kier alpha value is -1.85. The number of amides is 1. The van der Waals surface area contributed by atoms with Gasteiger partial charge in [-0.2, -0.15) is 8.78 Å². The van der Waals surface area contributed by atoms with Crippen LogP contribution in [0.5, 0.6) is 0 Å². The number of primary amides is 1. The number of Topliss-reactive ketones (excluding diaryl/α,β-unsaturated/α-hetero) is 1. The van der Waals surface area contributed by atoms with Gasteiger partial charge in [0.25, 0.3) is 5.91 Å². The summed E-state index contributed by atoms with van der Waals surface area (Å²) in [4.78, 5) is 21.4. The highest BCUT2D eigenvalue weighted by atomic mass is 19.3. The SMILES string of the molecule is CC(=O)c1cccc(C(F)(F)C(N)=O)c1F. The van der Waals surface area contributed by atoms with Crippen molar-refractivity contribution in [3.8, 4) is 0 Å². The number of rotatable bonds is 3. The molecule has 0 spiro atoms. The zero-order valence-corrected chi connectivity index (χ0v) is 8.26. The van der Waals surface area contributed by atoms with E-state index in [2.05, 4.69) is 5.73 Å². The van der Waals surface area contributed by atoms with E-state index in [9.17, 15) is 22.8 Å². The van der Waals surface area contributed by atoms with Crippen molar-refractivity contribution < 1.29 is 22.8 Å². The molecule has 2 N–H and O–H groups in total. The summed E-state index contributed by atoms with van der Waals surface area (Å²) in [6.07, 6.45) is 0. The standard InChI is InChI=1S/C10H8F3NO2/c1-5(15)6-3-2-4-7(8(6)11)10(12,13)9(14)16/h2-4H,1H3,(H2,14,16). The first kappa shape index (κ1) is 12.2. The van der Waals surface area contributed by atoms with Gasteiger partial charge in [0.05, 0.1) is 11.1 Å². The first-order valence-corrected chi connectivity index (χ1v) is 4.26. The van der Waals surface area contributed by atoms with E-state index >= 15 is 0 Å². The second-order valence-corrected chi connectivity index (χ2v) is 3.16. The van der Waals surface area contributed by atoms with Crippen molar-refractivity contribution in [2.24, 2.45) is 5.73 Å². The Kier molecular flexibility index (Phi) is 3.02. The van der Waals surface area contributed by atoms with Crippen molar-refractivity contribution in [2.45, 2.75) is 12.8 Å². The van der Waals surface area contributed by atoms with E-state index in [-0.39, 0.29) is 0 Å². The van der Waals surface area contributed by atoms with Crippen LogP contribution in [0.25, 0.3) is 0 Å². The van der Waals surface area contributed by atoms with Crippen LogP contribution in [0.2, 0.25) is 0 Å². The van der Waals surface area contributed by atoms with E-state index in [4.69, 9.17) is 0 Å². The first-order chi connectivity index (χ1) is 7.28. The Morgan fingerprint density at radius 2 is 1.88 bits per heavy atom. The zero-order chi connectivity index (χ0) is 12.5. The number of benzene rings is 1. The van der Waals surface area contributed by atoms with Crippen LogP contribution in [0.15, 0.2) is 18.2 Å². The van der Waals surface area contributed by atoms with Gasteiger partial charge >= 0.3 is 5.92 Å². The quantitative estimate of drug-likeness (QED) is 0.803. The summed E-state index contributed by atoms with van der Waals surface area (Å²) in [6, 6.07) is 2.83. The van der Waals surface area contributed by atoms with Crippen LogP contribution >= 0.6 is 0 Å². The minimum atomic E-state index is -4.13. The monoisotopic (exact) mass is 231 g/mol. The Balaban J connectivity index is 3.42. The number of alkyl halides is 2. The van der Waals surface area contributed by atoms with E-state index in [0.717, 1.165) is 19.1 Å². The van der Waals surface area contributed by atoms with Crippen LogP contribution in [-0.4, -0.2) is 11.7 Å². The molecule has 0 bridgehead atoms. The van der Waals surface area contributed by atoms with Gasteiger partial charge in [0.2, 0.25) is 0 Å². The topological polar surface area (TPSA) is 60.2 Å². The molecule has 0 atom stereocenters. The van der Waals surface area contributed by atoms with Crippen molar-refractivity contribution in [3.63, 3.8) is 0 Å². The molecule has 0 aromatic heterocycles. The highest BCUT2D eigenvalue weighted by molar-refractivity contribution is 5.95. The van der Waals surface area contributed by atoms with Gasteiger partial charge in [-0.3, -0.25) is 9.59 Å². The van der Waals surface area contributed by atoms with Crippen LogP contribution in [0.1, 0.15) is 22.8 Å². The number of hydrogen-bond donors (Lipinski definition) is 1. The summed E-state index contributed by atoms with van der Waals surface area (Å²) < 4.78 is 39.8. The molecule has 0 saturated carbocycles. The van der Waals surface area contributed by atoms with Crippen molar-refractivity contribution in [2.75, 3.05) is 0 Å². The lowest BCUT2D eigenvalue weighted by Crippen LogP contribution is -2.34. The van der Waals surface area contributed by atoms with Crippen molar-refractivity contribution in [1.82, 2.24) is 0 Å². The fourth-order valence-corrected chi connectivity index (χ4v) is 1.18. The molecule has 3 nitrogen and oxygen atoms in total. The predicted molar refractivity (Wildman–Crippen MR) is 49.5 cm³/mol. The summed E-state index contributed by atoms with van der Waals surface area (Å²) in [7, 11) is 0. The fraction of sp³-hybridized carbons (Fsp3) is 0.200. The number of ketones is 1. The molecule has 0 heterocycles. The van der Waals surface area contributed by atoms with Crippen LogP contribution in [0, 0.1) is 5.82 Å². The average molecular weight is 231 g/mol. The third-order valence-electron chi connectivity index (χ3n) is 2.03. The van der Waals surface area contributed by atoms with Gasteiger partial charge in [-0.05, 0) is 19.1 Å². The number of carbonyl (C=O) groups is 2. The van der Waals surface area contributed by atoms with Crippen LogP contribution < -0.4 is 5.73 Å². The predicted octanol–water partition coefficient (Wildman–Crippen LogP) is 1.61. The average Bonchev–Trinajstić information content (AvgIpc) is 2.16. The lowest BCUT2D eigenvalue weighted by molar-refractivity contribution is -0.143. The van der Waals surface area contributed by atoms with E-state index in [1.165, 1.54) is 0 Å². The molecule has 16 heavy (non-hydrogen) atoms. The van der Waals surface area contributed by atoms with Crippen LogP contribution in [0.3, 0.4) is 0 Å². The Bertz CT molecular complexity index is 457. The molecule has 1 rings (SSSR count). The molecular weight excluding hydrogens is 223 g/mol. The van der Waals surface area contributed by atoms with E-state index < -0.39 is 34.6 Å². The molecule has 0 aliphatic heterocycles. The van der Waals surface area contributed by atoms with Crippen LogP contribution in [-0.2, 0) is 10.7 Å². The number of carbonyl (C=O) groups excluding carboxylic acids is 2. The molecule has 0 aliphatic carbocycles. The van der Waals surface area contributed by atoms with Crippen molar-refractivity contribution >= 4 is 11.7 Å². The maximum absolute atomic E-state index is 13.5. The van der Waals surface area contributed by atoms with Gasteiger partial charge in [-0.15, -0.1) is 0 Å². The minimum Gasteiger partial charge on any atom is -0.364 e. The van der Waals surface area contributed by atoms with E-state index in [1.54, 1.807) is 0 Å². The summed E-state index contributed by atoms with van der Waals surface area (Å²) in [5.41, 5.74) is 2.77. The molecule has 0 fully saturated rings. The van der Waals surface area contributed by atoms with Crippen LogP contribution in [0.4, 0.5) is 13.2 Å². The fourth-order valence-electron chi connectivity index (χ4n) is 1.18. The van der Waals surface area contributed by atoms with Gasteiger partial charge in [-0.1, -0.05) is 6.07 Å². The minimum absolute atomic E-state index is 0.501. The smallest absolute Gasteiger partial charge is 0.352 e. The molecule has 1 amide bonds. The molecule has 0 radical (unpaired) electrons.